The molecule has 0 spiro atoms. The minimum Gasteiger partial charge on any atom is -0.493 e. The summed E-state index contributed by atoms with van der Waals surface area (Å²) in [5.74, 6) is 1.03. The number of carbonyl (C=O) groups excluding carboxylic acids is 2. The number of benzene rings is 1. The Balaban J connectivity index is 1.42. The van der Waals surface area contributed by atoms with Crippen molar-refractivity contribution < 1.29 is 19.1 Å². The van der Waals surface area contributed by atoms with Crippen LogP contribution >= 0.6 is 0 Å². The molecule has 1 fully saturated rings. The summed E-state index contributed by atoms with van der Waals surface area (Å²) in [6, 6.07) is 5.67. The first-order valence-corrected chi connectivity index (χ1v) is 9.99. The van der Waals surface area contributed by atoms with E-state index in [1.54, 1.807) is 0 Å². The van der Waals surface area contributed by atoms with Gasteiger partial charge in [0, 0.05) is 44.1 Å². The Bertz CT molecular complexity index is 666. The van der Waals surface area contributed by atoms with E-state index in [-0.39, 0.29) is 23.8 Å². The molecule has 0 aliphatic carbocycles. The third-order valence-electron chi connectivity index (χ3n) is 5.16. The lowest BCUT2D eigenvalue weighted by molar-refractivity contribution is -0.126. The molecule has 6 heteroatoms. The number of hydrogen-bond donors (Lipinski definition) is 1. The Morgan fingerprint density at radius 1 is 1.30 bits per heavy atom. The van der Waals surface area contributed by atoms with E-state index in [1.807, 2.05) is 36.9 Å². The van der Waals surface area contributed by atoms with Crippen molar-refractivity contribution in [3.05, 3.63) is 29.3 Å². The molecular formula is C21H30N2O4. The molecule has 1 aromatic carbocycles. The van der Waals surface area contributed by atoms with E-state index in [0.717, 1.165) is 24.2 Å². The van der Waals surface area contributed by atoms with Crippen LogP contribution in [-0.2, 0) is 16.0 Å². The second kappa shape index (κ2) is 9.22. The smallest absolute Gasteiger partial charge is 0.253 e. The van der Waals surface area contributed by atoms with Crippen LogP contribution in [0.5, 0.6) is 5.75 Å². The highest BCUT2D eigenvalue weighted by Crippen LogP contribution is 2.27. The molecule has 0 atom stereocenters. The number of nitrogens with zero attached hydrogens (tertiary/aromatic N) is 1. The highest BCUT2D eigenvalue weighted by atomic mass is 16.5. The fourth-order valence-electron chi connectivity index (χ4n) is 3.59. The molecule has 2 heterocycles. The van der Waals surface area contributed by atoms with Gasteiger partial charge in [0.1, 0.15) is 5.75 Å². The number of fused-ring (bicyclic) bond motifs is 1. The van der Waals surface area contributed by atoms with E-state index in [1.165, 1.54) is 0 Å². The van der Waals surface area contributed by atoms with Crippen molar-refractivity contribution in [1.82, 2.24) is 10.2 Å². The van der Waals surface area contributed by atoms with Gasteiger partial charge < -0.3 is 19.7 Å². The molecule has 3 rings (SSSR count). The predicted molar refractivity (Wildman–Crippen MR) is 103 cm³/mol. The van der Waals surface area contributed by atoms with Gasteiger partial charge in [-0.2, -0.15) is 0 Å². The van der Waals surface area contributed by atoms with Gasteiger partial charge in [0.05, 0.1) is 12.7 Å². The molecule has 6 nitrogen and oxygen atoms in total. The molecule has 0 saturated carbocycles. The van der Waals surface area contributed by atoms with Crippen LogP contribution in [0.3, 0.4) is 0 Å². The number of hydrogen-bond acceptors (Lipinski definition) is 4. The van der Waals surface area contributed by atoms with Crippen LogP contribution in [0.25, 0.3) is 0 Å². The van der Waals surface area contributed by atoms with Crippen LogP contribution < -0.4 is 10.1 Å². The zero-order valence-corrected chi connectivity index (χ0v) is 16.3. The number of ether oxygens (including phenoxy) is 2. The lowest BCUT2D eigenvalue weighted by Crippen LogP contribution is -2.43. The standard InChI is InChI=1S/C21H30N2O4/c1-15(2)26-12-3-9-22-20(24)16-6-10-23(11-7-16)21(25)18-4-5-19-17(14-18)8-13-27-19/h4-5,14-16H,3,6-13H2,1-2H3,(H,22,24). The molecule has 2 aliphatic heterocycles. The summed E-state index contributed by atoms with van der Waals surface area (Å²) in [4.78, 5) is 26.9. The highest BCUT2D eigenvalue weighted by molar-refractivity contribution is 5.95. The molecule has 1 N–H and O–H groups in total. The van der Waals surface area contributed by atoms with Gasteiger partial charge in [-0.25, -0.2) is 0 Å². The van der Waals surface area contributed by atoms with Crippen molar-refractivity contribution in [3.63, 3.8) is 0 Å². The Morgan fingerprint density at radius 2 is 2.07 bits per heavy atom. The van der Waals surface area contributed by atoms with E-state index >= 15 is 0 Å². The molecule has 0 unspecified atom stereocenters. The predicted octanol–water partition coefficient (Wildman–Crippen LogP) is 2.41. The maximum absolute atomic E-state index is 12.7. The fourth-order valence-corrected chi connectivity index (χ4v) is 3.59. The maximum atomic E-state index is 12.7. The minimum atomic E-state index is -0.00603. The van der Waals surface area contributed by atoms with Crippen molar-refractivity contribution in [2.24, 2.45) is 5.92 Å². The van der Waals surface area contributed by atoms with Crippen LogP contribution in [-0.4, -0.2) is 55.7 Å². The number of nitrogens with one attached hydrogen (secondary N) is 1. The number of likely N-dealkylation sites (tertiary alicyclic amines) is 1. The summed E-state index contributed by atoms with van der Waals surface area (Å²) in [6.45, 7) is 7.26. The van der Waals surface area contributed by atoms with Crippen molar-refractivity contribution in [1.29, 1.82) is 0 Å². The average molecular weight is 374 g/mol. The first-order valence-electron chi connectivity index (χ1n) is 9.99. The first-order chi connectivity index (χ1) is 13.0. The van der Waals surface area contributed by atoms with Crippen LogP contribution in [0, 0.1) is 5.92 Å². The summed E-state index contributed by atoms with van der Waals surface area (Å²) >= 11 is 0. The van der Waals surface area contributed by atoms with Crippen LogP contribution in [0.1, 0.15) is 49.0 Å². The van der Waals surface area contributed by atoms with Crippen LogP contribution in [0.15, 0.2) is 18.2 Å². The van der Waals surface area contributed by atoms with Crippen molar-refractivity contribution in [2.45, 2.75) is 45.6 Å². The van der Waals surface area contributed by atoms with Crippen LogP contribution in [0.2, 0.25) is 0 Å². The second-order valence-electron chi connectivity index (χ2n) is 7.55. The molecule has 2 aliphatic rings. The SMILES string of the molecule is CC(C)OCCCNC(=O)C1CCN(C(=O)c2ccc3c(c2)CCO3)CC1. The molecule has 148 valence electrons. The van der Waals surface area contributed by atoms with Gasteiger partial charge in [-0.3, -0.25) is 9.59 Å². The summed E-state index contributed by atoms with van der Waals surface area (Å²) in [7, 11) is 0. The fraction of sp³-hybridized carbons (Fsp3) is 0.619. The lowest BCUT2D eigenvalue weighted by Gasteiger charge is -2.31. The van der Waals surface area contributed by atoms with Crippen molar-refractivity contribution in [2.75, 3.05) is 32.8 Å². The van der Waals surface area contributed by atoms with E-state index in [4.69, 9.17) is 9.47 Å². The van der Waals surface area contributed by atoms with Crippen molar-refractivity contribution >= 4 is 11.8 Å². The molecule has 27 heavy (non-hydrogen) atoms. The zero-order chi connectivity index (χ0) is 19.2. The number of rotatable bonds is 7. The zero-order valence-electron chi connectivity index (χ0n) is 16.3. The number of piperidine rings is 1. The van der Waals surface area contributed by atoms with E-state index in [9.17, 15) is 9.59 Å². The van der Waals surface area contributed by atoms with E-state index in [0.29, 0.717) is 51.3 Å². The first kappa shape index (κ1) is 19.7. The molecule has 2 amide bonds. The van der Waals surface area contributed by atoms with Gasteiger partial charge in [-0.1, -0.05) is 0 Å². The average Bonchev–Trinajstić information content (AvgIpc) is 3.14. The second-order valence-corrected chi connectivity index (χ2v) is 7.55. The molecule has 1 saturated heterocycles. The molecule has 0 radical (unpaired) electrons. The van der Waals surface area contributed by atoms with E-state index < -0.39 is 0 Å². The van der Waals surface area contributed by atoms with Crippen LogP contribution in [0.4, 0.5) is 0 Å². The van der Waals surface area contributed by atoms with Gasteiger partial charge in [0.25, 0.3) is 5.91 Å². The quantitative estimate of drug-likeness (QED) is 0.744. The third kappa shape index (κ3) is 5.22. The van der Waals surface area contributed by atoms with Gasteiger partial charge in [0.15, 0.2) is 0 Å². The monoisotopic (exact) mass is 374 g/mol. The molecule has 1 aromatic rings. The Hall–Kier alpha value is -2.08. The van der Waals surface area contributed by atoms with Gasteiger partial charge in [-0.05, 0) is 56.9 Å². The molecule has 0 bridgehead atoms. The van der Waals surface area contributed by atoms with Gasteiger partial charge >= 0.3 is 0 Å². The molecule has 0 aromatic heterocycles. The maximum Gasteiger partial charge on any atom is 0.253 e. The largest absolute Gasteiger partial charge is 0.493 e. The van der Waals surface area contributed by atoms with Crippen molar-refractivity contribution in [3.8, 4) is 5.75 Å². The van der Waals surface area contributed by atoms with E-state index in [2.05, 4.69) is 5.32 Å². The molecular weight excluding hydrogens is 344 g/mol. The Kier molecular flexibility index (Phi) is 6.72. The lowest BCUT2D eigenvalue weighted by atomic mass is 9.95. The van der Waals surface area contributed by atoms with Gasteiger partial charge in [-0.15, -0.1) is 0 Å². The van der Waals surface area contributed by atoms with Gasteiger partial charge in [0.2, 0.25) is 5.91 Å². The third-order valence-corrected chi connectivity index (χ3v) is 5.16. The number of carbonyl (C=O) groups is 2. The highest BCUT2D eigenvalue weighted by Gasteiger charge is 2.28. The topological polar surface area (TPSA) is 67.9 Å². The minimum absolute atomic E-state index is 0.00603. The summed E-state index contributed by atoms with van der Waals surface area (Å²) < 4.78 is 11.0. The summed E-state index contributed by atoms with van der Waals surface area (Å²) in [6.07, 6.45) is 3.34. The number of amides is 2. The summed E-state index contributed by atoms with van der Waals surface area (Å²) in [5.41, 5.74) is 1.82. The normalized spacial score (nSPS) is 16.9. The Morgan fingerprint density at radius 3 is 2.81 bits per heavy atom. The Labute approximate surface area is 161 Å². The summed E-state index contributed by atoms with van der Waals surface area (Å²) in [5, 5.41) is 2.99.